The molecule has 0 aliphatic carbocycles. The summed E-state index contributed by atoms with van der Waals surface area (Å²) in [7, 11) is 0. The van der Waals surface area contributed by atoms with Crippen molar-refractivity contribution in [3.63, 3.8) is 0 Å². The molecule has 0 aromatic heterocycles. The Balaban J connectivity index is 1.39. The van der Waals surface area contributed by atoms with Gasteiger partial charge in [0, 0.05) is 11.6 Å². The molecule has 5 rings (SSSR count). The number of rotatable bonds is 9. The molecule has 5 aromatic rings. The molecule has 0 saturated heterocycles. The van der Waals surface area contributed by atoms with Crippen molar-refractivity contribution < 1.29 is 44.3 Å². The maximum absolute atomic E-state index is 15.2. The smallest absolute Gasteiger partial charge is 0.429 e. The molecular formula is C35H20ClF9O. The Morgan fingerprint density at radius 2 is 1.22 bits per heavy atom. The highest BCUT2D eigenvalue weighted by Crippen LogP contribution is 2.41. The van der Waals surface area contributed by atoms with Gasteiger partial charge in [0.2, 0.25) is 0 Å². The maximum atomic E-state index is 15.2. The lowest BCUT2D eigenvalue weighted by atomic mass is 9.98. The lowest BCUT2D eigenvalue weighted by Crippen LogP contribution is -2.24. The Labute approximate surface area is 262 Å². The van der Waals surface area contributed by atoms with Gasteiger partial charge in [0.1, 0.15) is 34.6 Å². The molecule has 0 aliphatic rings. The van der Waals surface area contributed by atoms with Crippen molar-refractivity contribution in [2.75, 3.05) is 0 Å². The highest BCUT2D eigenvalue weighted by molar-refractivity contribution is 6.31. The zero-order valence-electron chi connectivity index (χ0n) is 23.4. The van der Waals surface area contributed by atoms with E-state index in [1.54, 1.807) is 30.3 Å². The number of hydrogen-bond donors (Lipinski definition) is 0. The van der Waals surface area contributed by atoms with E-state index in [1.165, 1.54) is 0 Å². The van der Waals surface area contributed by atoms with Gasteiger partial charge in [-0.2, -0.15) is 8.78 Å². The van der Waals surface area contributed by atoms with Gasteiger partial charge < -0.3 is 4.74 Å². The van der Waals surface area contributed by atoms with Crippen LogP contribution in [0.5, 0.6) is 5.75 Å². The number of ether oxygens (including phenoxy) is 1. The third-order valence-electron chi connectivity index (χ3n) is 7.07. The SMILES string of the molecule is C=CCCc1ccc(-c2cc(F)c(C(F)(F)Oc3ccc(-c4cc(F)c(-c5cc(F)c(F)c(F)c5)c(F)c4)c(F)c3)c(Cl)c2)cc1. The molecule has 0 bridgehead atoms. The number of hydrogen-bond acceptors (Lipinski definition) is 1. The summed E-state index contributed by atoms with van der Waals surface area (Å²) in [6, 6.07) is 13.3. The Morgan fingerprint density at radius 1 is 0.630 bits per heavy atom. The molecule has 0 saturated carbocycles. The first-order chi connectivity index (χ1) is 21.8. The van der Waals surface area contributed by atoms with Gasteiger partial charge in [0.05, 0.1) is 10.6 Å². The minimum atomic E-state index is -4.37. The summed E-state index contributed by atoms with van der Waals surface area (Å²) in [4.78, 5) is 0. The van der Waals surface area contributed by atoms with E-state index in [9.17, 15) is 22.0 Å². The van der Waals surface area contributed by atoms with Crippen LogP contribution in [-0.4, -0.2) is 0 Å². The quantitative estimate of drug-likeness (QED) is 0.0867. The predicted molar refractivity (Wildman–Crippen MR) is 157 cm³/mol. The molecule has 0 unspecified atom stereocenters. The highest BCUT2D eigenvalue weighted by atomic mass is 35.5. The Morgan fingerprint density at radius 3 is 1.78 bits per heavy atom. The Hall–Kier alpha value is -4.70. The zero-order chi connectivity index (χ0) is 33.3. The number of halogens is 10. The lowest BCUT2D eigenvalue weighted by Gasteiger charge is -2.21. The van der Waals surface area contributed by atoms with Crippen LogP contribution >= 0.6 is 11.6 Å². The van der Waals surface area contributed by atoms with E-state index >= 15 is 17.6 Å². The summed E-state index contributed by atoms with van der Waals surface area (Å²) in [5.74, 6) is -11.3. The van der Waals surface area contributed by atoms with Crippen molar-refractivity contribution in [3.05, 3.63) is 148 Å². The van der Waals surface area contributed by atoms with Crippen LogP contribution in [0.15, 0.2) is 91.5 Å². The van der Waals surface area contributed by atoms with Crippen molar-refractivity contribution >= 4 is 11.6 Å². The standard InChI is InChI=1S/C35H20ClF9O/c1-2-3-4-18-5-7-19(8-6-18)20-11-25(36)33(29(40)12-20)35(44,45)46-23-9-10-24(26(37)17-23)21-13-27(38)32(28(39)14-21)22-15-30(41)34(43)31(42)16-22/h2,5-17H,1,3-4H2. The second-order valence-electron chi connectivity index (χ2n) is 10.2. The molecule has 1 nitrogen and oxygen atoms in total. The minimum absolute atomic E-state index is 0.230. The van der Waals surface area contributed by atoms with Gasteiger partial charge in [0.15, 0.2) is 17.5 Å². The summed E-state index contributed by atoms with van der Waals surface area (Å²) in [5.41, 5.74) is -1.97. The second-order valence-corrected chi connectivity index (χ2v) is 10.6. The fourth-order valence-electron chi connectivity index (χ4n) is 4.85. The molecule has 0 aliphatic heterocycles. The van der Waals surface area contributed by atoms with Crippen LogP contribution in [0.1, 0.15) is 17.5 Å². The molecule has 0 N–H and O–H groups in total. The first-order valence-corrected chi connectivity index (χ1v) is 13.9. The van der Waals surface area contributed by atoms with Crippen LogP contribution in [0.3, 0.4) is 0 Å². The third-order valence-corrected chi connectivity index (χ3v) is 7.37. The molecule has 0 atom stereocenters. The zero-order valence-corrected chi connectivity index (χ0v) is 24.1. The van der Waals surface area contributed by atoms with Crippen LogP contribution in [0.25, 0.3) is 33.4 Å². The Kier molecular flexibility index (Phi) is 9.21. The molecule has 0 heterocycles. The van der Waals surface area contributed by atoms with E-state index in [0.717, 1.165) is 42.7 Å². The van der Waals surface area contributed by atoms with Gasteiger partial charge in [-0.05, 0) is 89.2 Å². The fourth-order valence-corrected chi connectivity index (χ4v) is 5.16. The number of alkyl halides is 2. The van der Waals surface area contributed by atoms with Gasteiger partial charge in [-0.25, -0.2) is 30.7 Å². The summed E-state index contributed by atoms with van der Waals surface area (Å²) < 4.78 is 135. The van der Waals surface area contributed by atoms with E-state index in [-0.39, 0.29) is 5.56 Å². The van der Waals surface area contributed by atoms with Crippen molar-refractivity contribution in [2.24, 2.45) is 0 Å². The van der Waals surface area contributed by atoms with Crippen LogP contribution in [0, 0.1) is 40.7 Å². The average Bonchev–Trinajstić information content (AvgIpc) is 2.98. The third kappa shape index (κ3) is 6.62. The number of benzene rings is 5. The van der Waals surface area contributed by atoms with E-state index in [0.29, 0.717) is 35.9 Å². The lowest BCUT2D eigenvalue weighted by molar-refractivity contribution is -0.187. The molecule has 0 fully saturated rings. The monoisotopic (exact) mass is 662 g/mol. The van der Waals surface area contributed by atoms with E-state index < -0.39 is 85.4 Å². The predicted octanol–water partition coefficient (Wildman–Crippen LogP) is 11.6. The number of allylic oxidation sites excluding steroid dienone is 1. The summed E-state index contributed by atoms with van der Waals surface area (Å²) in [6.45, 7) is 3.66. The fraction of sp³-hybridized carbons (Fsp3) is 0.0857. The highest BCUT2D eigenvalue weighted by Gasteiger charge is 2.40. The largest absolute Gasteiger partial charge is 0.431 e. The first-order valence-electron chi connectivity index (χ1n) is 13.5. The van der Waals surface area contributed by atoms with Crippen molar-refractivity contribution in [1.82, 2.24) is 0 Å². The second kappa shape index (κ2) is 13.0. The van der Waals surface area contributed by atoms with Crippen molar-refractivity contribution in [3.8, 4) is 39.1 Å². The Bertz CT molecular complexity index is 1890. The molecule has 0 spiro atoms. The normalized spacial score (nSPS) is 11.5. The maximum Gasteiger partial charge on any atom is 0.431 e. The summed E-state index contributed by atoms with van der Waals surface area (Å²) >= 11 is 6.07. The van der Waals surface area contributed by atoms with Gasteiger partial charge in [-0.15, -0.1) is 6.58 Å². The number of aryl methyl sites for hydroxylation is 1. The van der Waals surface area contributed by atoms with Crippen molar-refractivity contribution in [2.45, 2.75) is 19.0 Å². The minimum Gasteiger partial charge on any atom is -0.429 e. The molecule has 5 aromatic carbocycles. The van der Waals surface area contributed by atoms with Gasteiger partial charge in [-0.1, -0.05) is 41.9 Å². The molecule has 11 heteroatoms. The van der Waals surface area contributed by atoms with Gasteiger partial charge >= 0.3 is 6.11 Å². The van der Waals surface area contributed by atoms with Crippen molar-refractivity contribution in [1.29, 1.82) is 0 Å². The molecule has 236 valence electrons. The van der Waals surface area contributed by atoms with E-state index in [2.05, 4.69) is 11.3 Å². The van der Waals surface area contributed by atoms with Crippen LogP contribution in [0.2, 0.25) is 5.02 Å². The topological polar surface area (TPSA) is 9.23 Å². The summed E-state index contributed by atoms with van der Waals surface area (Å²) in [5, 5.41) is -0.653. The van der Waals surface area contributed by atoms with E-state index in [4.69, 9.17) is 11.6 Å². The molecule has 0 radical (unpaired) electrons. The van der Waals surface area contributed by atoms with Crippen LogP contribution < -0.4 is 4.74 Å². The molecule has 46 heavy (non-hydrogen) atoms. The van der Waals surface area contributed by atoms with Crippen LogP contribution in [0.4, 0.5) is 39.5 Å². The summed E-state index contributed by atoms with van der Waals surface area (Å²) in [6.07, 6.45) is -1.11. The van der Waals surface area contributed by atoms with E-state index in [1.807, 2.05) is 0 Å². The first kappa shape index (κ1) is 32.7. The average molecular weight is 663 g/mol. The molecule has 0 amide bonds. The van der Waals surface area contributed by atoms with Crippen LogP contribution in [-0.2, 0) is 12.5 Å². The van der Waals surface area contributed by atoms with Gasteiger partial charge in [-0.3, -0.25) is 0 Å². The van der Waals surface area contributed by atoms with Gasteiger partial charge in [0.25, 0.3) is 0 Å². The molecular weight excluding hydrogens is 643 g/mol.